The lowest BCUT2D eigenvalue weighted by Crippen LogP contribution is -2.33. The summed E-state index contributed by atoms with van der Waals surface area (Å²) < 4.78 is 5.86. The van der Waals surface area contributed by atoms with E-state index in [0.29, 0.717) is 23.1 Å². The molecule has 0 aliphatic carbocycles. The maximum atomic E-state index is 12.0. The van der Waals surface area contributed by atoms with Gasteiger partial charge in [0.05, 0.1) is 15.1 Å². The number of aryl methyl sites for hydroxylation is 1. The number of rotatable bonds is 5. The monoisotopic (exact) mass is 477 g/mol. The van der Waals surface area contributed by atoms with Crippen LogP contribution in [-0.4, -0.2) is 61.4 Å². The van der Waals surface area contributed by atoms with Crippen LogP contribution < -0.4 is 5.32 Å². The molecule has 4 heterocycles. The lowest BCUT2D eigenvalue weighted by molar-refractivity contribution is 0.0957. The van der Waals surface area contributed by atoms with E-state index >= 15 is 0 Å². The number of carbonyl (C=O) groups excluding carboxylic acids is 1. The molecule has 3 aliphatic rings. The molecule has 10 heteroatoms. The molecular formula is C21H27N5O2S3. The first-order valence-corrected chi connectivity index (χ1v) is 13.1. The zero-order chi connectivity index (χ0) is 22.4. The molecule has 31 heavy (non-hydrogen) atoms. The number of hydrogen-bond acceptors (Lipinski definition) is 9. The highest BCUT2D eigenvalue weighted by Crippen LogP contribution is 2.46. The van der Waals surface area contributed by atoms with Crippen molar-refractivity contribution in [3.8, 4) is 0 Å². The fourth-order valence-electron chi connectivity index (χ4n) is 3.58. The molecule has 0 radical (unpaired) electrons. The Bertz CT molecular complexity index is 1050. The Morgan fingerprint density at radius 1 is 1.00 bits per heavy atom. The summed E-state index contributed by atoms with van der Waals surface area (Å²) in [6.45, 7) is 10.1. The smallest absolute Gasteiger partial charge is 0.273 e. The topological polar surface area (TPSA) is 92.2 Å². The second-order valence-electron chi connectivity index (χ2n) is 8.47. The number of aliphatic imine (C=N–C) groups is 3. The molecule has 3 atom stereocenters. The van der Waals surface area contributed by atoms with Gasteiger partial charge in [-0.2, -0.15) is 0 Å². The third-order valence-corrected chi connectivity index (χ3v) is 9.72. The molecule has 0 aromatic carbocycles. The van der Waals surface area contributed by atoms with Gasteiger partial charge >= 0.3 is 0 Å². The van der Waals surface area contributed by atoms with Gasteiger partial charge in [-0.15, -0.1) is 35.3 Å². The number of amides is 1. The van der Waals surface area contributed by atoms with Gasteiger partial charge in [0.2, 0.25) is 5.89 Å². The Morgan fingerprint density at radius 3 is 2.23 bits per heavy atom. The molecule has 7 nitrogen and oxygen atoms in total. The van der Waals surface area contributed by atoms with Crippen LogP contribution >= 0.6 is 35.3 Å². The van der Waals surface area contributed by atoms with Crippen molar-refractivity contribution in [1.29, 1.82) is 0 Å². The minimum Gasteiger partial charge on any atom is -0.442 e. The number of nitrogens with one attached hydrogen (secondary N) is 1. The van der Waals surface area contributed by atoms with Crippen molar-refractivity contribution in [2.75, 3.05) is 24.3 Å². The summed E-state index contributed by atoms with van der Waals surface area (Å²) in [5, 5.41) is 5.73. The highest BCUT2D eigenvalue weighted by molar-refractivity contribution is 8.17. The summed E-state index contributed by atoms with van der Waals surface area (Å²) in [5.41, 5.74) is -0.971. The lowest BCUT2D eigenvalue weighted by Gasteiger charge is -2.21. The molecule has 3 aliphatic heterocycles. The van der Waals surface area contributed by atoms with Gasteiger partial charge in [-0.25, -0.2) is 4.98 Å². The molecule has 4 rings (SSSR count). The summed E-state index contributed by atoms with van der Waals surface area (Å²) in [6.07, 6.45) is 4.08. The van der Waals surface area contributed by atoms with Crippen LogP contribution in [0.2, 0.25) is 0 Å². The summed E-state index contributed by atoms with van der Waals surface area (Å²) in [6, 6.07) is 0. The largest absolute Gasteiger partial charge is 0.442 e. The summed E-state index contributed by atoms with van der Waals surface area (Å²) in [7, 11) is 1.59. The number of hydrogen-bond donors (Lipinski definition) is 1. The highest BCUT2D eigenvalue weighted by Gasteiger charge is 2.48. The maximum absolute atomic E-state index is 12.0. The molecule has 0 bridgehead atoms. The predicted octanol–water partition coefficient (Wildman–Crippen LogP) is 4.09. The van der Waals surface area contributed by atoms with Crippen LogP contribution in [0, 0.1) is 6.92 Å². The molecule has 1 aromatic heterocycles. The SMILES string of the molecule is C/C=C/C1=N[C@](C)(C2=N[C@](C)(C3=N[C@](C)(c4nc(C(=O)NC)c(C)o4)CS3)CS2)CS1. The van der Waals surface area contributed by atoms with Crippen molar-refractivity contribution in [3.63, 3.8) is 0 Å². The van der Waals surface area contributed by atoms with E-state index in [1.165, 1.54) is 0 Å². The lowest BCUT2D eigenvalue weighted by atomic mass is 10.0. The van der Waals surface area contributed by atoms with Gasteiger partial charge < -0.3 is 9.73 Å². The van der Waals surface area contributed by atoms with Crippen molar-refractivity contribution in [1.82, 2.24) is 10.3 Å². The highest BCUT2D eigenvalue weighted by atomic mass is 32.2. The van der Waals surface area contributed by atoms with Crippen LogP contribution in [0.15, 0.2) is 31.5 Å². The van der Waals surface area contributed by atoms with E-state index in [0.717, 1.165) is 26.6 Å². The number of oxazole rings is 1. The van der Waals surface area contributed by atoms with Gasteiger partial charge in [0.1, 0.15) is 22.4 Å². The van der Waals surface area contributed by atoms with Crippen LogP contribution in [0.1, 0.15) is 49.8 Å². The second-order valence-corrected chi connectivity index (χ2v) is 11.4. The van der Waals surface area contributed by atoms with Gasteiger partial charge in [0.15, 0.2) is 5.69 Å². The third-order valence-electron chi connectivity index (χ3n) is 5.46. The van der Waals surface area contributed by atoms with Gasteiger partial charge in [0, 0.05) is 24.3 Å². The molecule has 1 aromatic rings. The predicted molar refractivity (Wildman–Crippen MR) is 133 cm³/mol. The Labute approximate surface area is 195 Å². The number of allylic oxidation sites excluding steroid dienone is 1. The van der Waals surface area contributed by atoms with Crippen LogP contribution in [0.4, 0.5) is 0 Å². The van der Waals surface area contributed by atoms with Crippen molar-refractivity contribution in [2.24, 2.45) is 15.0 Å². The summed E-state index contributed by atoms with van der Waals surface area (Å²) >= 11 is 5.26. The molecule has 166 valence electrons. The minimum absolute atomic E-state index is 0.250. The minimum atomic E-state index is -0.618. The first-order chi connectivity index (χ1) is 14.6. The number of nitrogens with zero attached hydrogens (tertiary/aromatic N) is 4. The van der Waals surface area contributed by atoms with E-state index in [1.54, 1.807) is 49.3 Å². The van der Waals surface area contributed by atoms with Crippen LogP contribution in [0.3, 0.4) is 0 Å². The van der Waals surface area contributed by atoms with Crippen LogP contribution in [-0.2, 0) is 5.54 Å². The second kappa shape index (κ2) is 8.12. The Balaban J connectivity index is 1.61. The Hall–Kier alpha value is -1.52. The molecule has 0 unspecified atom stereocenters. The maximum Gasteiger partial charge on any atom is 0.273 e. The van der Waals surface area contributed by atoms with Crippen LogP contribution in [0.5, 0.6) is 0 Å². The number of aromatic nitrogens is 1. The summed E-state index contributed by atoms with van der Waals surface area (Å²) in [4.78, 5) is 31.6. The van der Waals surface area contributed by atoms with Crippen LogP contribution in [0.25, 0.3) is 0 Å². The molecule has 0 spiro atoms. The quantitative estimate of drug-likeness (QED) is 0.687. The average Bonchev–Trinajstić information content (AvgIpc) is 3.49. The zero-order valence-electron chi connectivity index (χ0n) is 18.6. The normalized spacial score (nSPS) is 33.0. The first kappa shape index (κ1) is 22.7. The van der Waals surface area contributed by atoms with E-state index in [-0.39, 0.29) is 17.0 Å². The average molecular weight is 478 g/mol. The Morgan fingerprint density at radius 2 is 1.58 bits per heavy atom. The number of thioether (sulfide) groups is 3. The van der Waals surface area contributed by atoms with E-state index < -0.39 is 5.54 Å². The van der Waals surface area contributed by atoms with E-state index in [4.69, 9.17) is 19.4 Å². The van der Waals surface area contributed by atoms with Crippen molar-refractivity contribution >= 4 is 56.3 Å². The molecule has 0 saturated carbocycles. The third kappa shape index (κ3) is 4.02. The molecular weight excluding hydrogens is 450 g/mol. The van der Waals surface area contributed by atoms with Gasteiger partial charge in [0.25, 0.3) is 5.91 Å². The Kier molecular flexibility index (Phi) is 5.93. The zero-order valence-corrected chi connectivity index (χ0v) is 21.1. The van der Waals surface area contributed by atoms with Gasteiger partial charge in [-0.1, -0.05) is 6.08 Å². The molecule has 1 N–H and O–H groups in total. The van der Waals surface area contributed by atoms with Gasteiger partial charge in [-0.3, -0.25) is 19.8 Å². The first-order valence-electron chi connectivity index (χ1n) is 10.1. The van der Waals surface area contributed by atoms with Crippen molar-refractivity contribution < 1.29 is 9.21 Å². The van der Waals surface area contributed by atoms with Gasteiger partial charge in [-0.05, 0) is 40.7 Å². The fourth-order valence-corrected chi connectivity index (χ4v) is 7.51. The van der Waals surface area contributed by atoms with E-state index in [1.807, 2.05) is 19.9 Å². The van der Waals surface area contributed by atoms with Crippen molar-refractivity contribution in [3.05, 3.63) is 29.5 Å². The summed E-state index contributed by atoms with van der Waals surface area (Å²) in [5.74, 6) is 3.19. The molecule has 0 saturated heterocycles. The fraction of sp³-hybridized carbons (Fsp3) is 0.571. The van der Waals surface area contributed by atoms with E-state index in [2.05, 4.69) is 30.2 Å². The van der Waals surface area contributed by atoms with Crippen molar-refractivity contribution in [2.45, 2.75) is 51.2 Å². The molecule has 0 fully saturated rings. The standard InChI is InChI=1S/C21H27N5O2S3/c1-7-8-13-24-20(4,10-29-13)17-26-21(5,11-31-17)18-25-19(3,9-30-18)16-23-14(12(2)28-16)15(27)22-6/h7-8H,9-11H2,1-6H3,(H,22,27)/b8-7+/t19-,20-,21-/m0/s1. The molecule has 1 amide bonds. The number of carbonyl (C=O) groups is 1. The van der Waals surface area contributed by atoms with E-state index in [9.17, 15) is 4.79 Å².